The van der Waals surface area contributed by atoms with Gasteiger partial charge in [0.2, 0.25) is 0 Å². The quantitative estimate of drug-likeness (QED) is 0.880. The number of aromatic amines is 1. The van der Waals surface area contributed by atoms with E-state index in [1.54, 1.807) is 6.26 Å². The molecule has 17 heavy (non-hydrogen) atoms. The fraction of sp³-hybridized carbons (Fsp3) is 0.364. The van der Waals surface area contributed by atoms with E-state index in [1.165, 1.54) is 0 Å². The number of imidazole rings is 1. The normalized spacial score (nSPS) is 15.0. The first kappa shape index (κ1) is 12.8. The van der Waals surface area contributed by atoms with Gasteiger partial charge in [0.1, 0.15) is 0 Å². The molecule has 0 bridgehead atoms. The number of aromatic nitrogens is 2. The minimum Gasteiger partial charge on any atom is -0.329 e. The molecule has 6 heteroatoms. The Morgan fingerprint density at radius 1 is 1.59 bits per heavy atom. The first-order valence-electron chi connectivity index (χ1n) is 5.19. The van der Waals surface area contributed by atoms with Crippen LogP contribution in [0.1, 0.15) is 13.0 Å². The summed E-state index contributed by atoms with van der Waals surface area (Å²) in [4.78, 5) is 3.10. The summed E-state index contributed by atoms with van der Waals surface area (Å²) >= 11 is 11.4. The van der Waals surface area contributed by atoms with Crippen molar-refractivity contribution < 1.29 is 4.21 Å². The van der Waals surface area contributed by atoms with Crippen LogP contribution < -0.4 is 0 Å². The standard InChI is InChI=1S/C11H13ClN2OS2/c1-7(6-17(2)15)14-9-5-3-4-8(12)10(9)13-11(14)16/h3-5,7H,6H2,1-2H3,(H,13,16). The van der Waals surface area contributed by atoms with Gasteiger partial charge in [0.05, 0.1) is 16.1 Å². The number of rotatable bonds is 3. The van der Waals surface area contributed by atoms with Crippen LogP contribution in [-0.4, -0.2) is 25.8 Å². The molecule has 0 saturated carbocycles. The number of fused-ring (bicyclic) bond motifs is 1. The Kier molecular flexibility index (Phi) is 3.70. The molecule has 0 fully saturated rings. The van der Waals surface area contributed by atoms with Crippen molar-refractivity contribution in [1.82, 2.24) is 9.55 Å². The lowest BCUT2D eigenvalue weighted by atomic mass is 10.3. The Hall–Kier alpha value is -0.650. The molecule has 2 rings (SSSR count). The van der Waals surface area contributed by atoms with Crippen LogP contribution in [0.4, 0.5) is 0 Å². The zero-order valence-corrected chi connectivity index (χ0v) is 12.0. The molecular formula is C11H13ClN2OS2. The SMILES string of the molecule is CC(CS(C)=O)n1c(=S)[nH]c2c(Cl)cccc21. The number of H-pyrrole nitrogens is 1. The number of para-hydroxylation sites is 1. The molecule has 0 aliphatic carbocycles. The van der Waals surface area contributed by atoms with Crippen molar-refractivity contribution in [3.8, 4) is 0 Å². The molecule has 3 nitrogen and oxygen atoms in total. The summed E-state index contributed by atoms with van der Waals surface area (Å²) in [6, 6.07) is 5.75. The highest BCUT2D eigenvalue weighted by atomic mass is 35.5. The second-order valence-electron chi connectivity index (χ2n) is 4.02. The van der Waals surface area contributed by atoms with Crippen molar-refractivity contribution in [3.63, 3.8) is 0 Å². The zero-order chi connectivity index (χ0) is 12.6. The second kappa shape index (κ2) is 4.92. The molecule has 2 aromatic rings. The van der Waals surface area contributed by atoms with Crippen LogP contribution in [0.2, 0.25) is 5.02 Å². The van der Waals surface area contributed by atoms with Gasteiger partial charge in [0, 0.05) is 28.9 Å². The average Bonchev–Trinajstić information content (AvgIpc) is 2.55. The number of hydrogen-bond acceptors (Lipinski definition) is 2. The van der Waals surface area contributed by atoms with Gasteiger partial charge in [0.15, 0.2) is 4.77 Å². The third-order valence-corrected chi connectivity index (χ3v) is 4.18. The number of benzene rings is 1. The predicted octanol–water partition coefficient (Wildman–Crippen LogP) is 3.29. The van der Waals surface area contributed by atoms with Crippen molar-refractivity contribution in [3.05, 3.63) is 28.0 Å². The molecule has 0 amide bonds. The predicted molar refractivity (Wildman–Crippen MR) is 75.8 cm³/mol. The Balaban J connectivity index is 2.61. The Bertz CT molecular complexity index is 632. The zero-order valence-electron chi connectivity index (χ0n) is 9.57. The number of hydrogen-bond donors (Lipinski definition) is 1. The smallest absolute Gasteiger partial charge is 0.178 e. The molecule has 0 aliphatic rings. The number of nitrogens with one attached hydrogen (secondary N) is 1. The molecule has 1 heterocycles. The summed E-state index contributed by atoms with van der Waals surface area (Å²) in [5.74, 6) is 0.577. The first-order chi connectivity index (χ1) is 8.00. The van der Waals surface area contributed by atoms with Gasteiger partial charge in [-0.3, -0.25) is 4.21 Å². The molecule has 2 atom stereocenters. The molecule has 0 spiro atoms. The Morgan fingerprint density at radius 2 is 2.29 bits per heavy atom. The van der Waals surface area contributed by atoms with E-state index < -0.39 is 10.8 Å². The molecule has 1 N–H and O–H groups in total. The summed E-state index contributed by atoms with van der Waals surface area (Å²) in [5, 5.41) is 0.650. The van der Waals surface area contributed by atoms with Gasteiger partial charge in [-0.2, -0.15) is 0 Å². The number of halogens is 1. The van der Waals surface area contributed by atoms with Gasteiger partial charge in [0.25, 0.3) is 0 Å². The van der Waals surface area contributed by atoms with Crippen LogP contribution in [-0.2, 0) is 10.8 Å². The van der Waals surface area contributed by atoms with Crippen LogP contribution in [0.5, 0.6) is 0 Å². The lowest BCUT2D eigenvalue weighted by Crippen LogP contribution is -2.12. The van der Waals surface area contributed by atoms with Gasteiger partial charge in [-0.15, -0.1) is 0 Å². The summed E-state index contributed by atoms with van der Waals surface area (Å²) in [5.41, 5.74) is 1.80. The average molecular weight is 289 g/mol. The molecule has 1 aromatic carbocycles. The molecular weight excluding hydrogens is 276 g/mol. The fourth-order valence-electron chi connectivity index (χ4n) is 1.97. The molecule has 1 aromatic heterocycles. The second-order valence-corrected chi connectivity index (χ2v) is 6.30. The number of nitrogens with zero attached hydrogens (tertiary/aromatic N) is 1. The first-order valence-corrected chi connectivity index (χ1v) is 7.71. The summed E-state index contributed by atoms with van der Waals surface area (Å²) < 4.78 is 13.9. The highest BCUT2D eigenvalue weighted by Gasteiger charge is 2.13. The maximum atomic E-state index is 11.3. The van der Waals surface area contributed by atoms with Gasteiger partial charge in [-0.25, -0.2) is 0 Å². The van der Waals surface area contributed by atoms with Crippen LogP contribution in [0.25, 0.3) is 11.0 Å². The van der Waals surface area contributed by atoms with Crippen molar-refractivity contribution in [2.75, 3.05) is 12.0 Å². The summed E-state index contributed by atoms with van der Waals surface area (Å²) in [7, 11) is -0.851. The molecule has 0 saturated heterocycles. The Morgan fingerprint density at radius 3 is 2.94 bits per heavy atom. The van der Waals surface area contributed by atoms with Crippen LogP contribution in [0.3, 0.4) is 0 Å². The third-order valence-electron chi connectivity index (χ3n) is 2.62. The highest BCUT2D eigenvalue weighted by Crippen LogP contribution is 2.25. The van der Waals surface area contributed by atoms with Gasteiger partial charge in [-0.05, 0) is 31.3 Å². The van der Waals surface area contributed by atoms with Crippen LogP contribution in [0, 0.1) is 4.77 Å². The lowest BCUT2D eigenvalue weighted by Gasteiger charge is -2.12. The van der Waals surface area contributed by atoms with Crippen molar-refractivity contribution in [2.24, 2.45) is 0 Å². The summed E-state index contributed by atoms with van der Waals surface area (Å²) in [6.07, 6.45) is 1.70. The van der Waals surface area contributed by atoms with E-state index in [0.717, 1.165) is 11.0 Å². The topological polar surface area (TPSA) is 37.8 Å². The largest absolute Gasteiger partial charge is 0.329 e. The molecule has 0 radical (unpaired) electrons. The monoisotopic (exact) mass is 288 g/mol. The van der Waals surface area contributed by atoms with Crippen molar-refractivity contribution >= 4 is 45.7 Å². The van der Waals surface area contributed by atoms with E-state index in [2.05, 4.69) is 4.98 Å². The van der Waals surface area contributed by atoms with Gasteiger partial charge in [-0.1, -0.05) is 17.7 Å². The van der Waals surface area contributed by atoms with E-state index in [4.69, 9.17) is 23.8 Å². The maximum Gasteiger partial charge on any atom is 0.178 e. The van der Waals surface area contributed by atoms with Crippen molar-refractivity contribution in [2.45, 2.75) is 13.0 Å². The van der Waals surface area contributed by atoms with E-state index in [9.17, 15) is 4.21 Å². The Labute approximate surface area is 112 Å². The summed E-state index contributed by atoms with van der Waals surface area (Å²) in [6.45, 7) is 2.01. The van der Waals surface area contributed by atoms with E-state index in [1.807, 2.05) is 29.7 Å². The lowest BCUT2D eigenvalue weighted by molar-refractivity contribution is 0.605. The van der Waals surface area contributed by atoms with Crippen LogP contribution >= 0.6 is 23.8 Å². The molecule has 0 aliphatic heterocycles. The van der Waals surface area contributed by atoms with E-state index in [-0.39, 0.29) is 6.04 Å². The van der Waals surface area contributed by atoms with Crippen LogP contribution in [0.15, 0.2) is 18.2 Å². The van der Waals surface area contributed by atoms with Gasteiger partial charge < -0.3 is 9.55 Å². The highest BCUT2D eigenvalue weighted by molar-refractivity contribution is 7.84. The fourth-order valence-corrected chi connectivity index (χ4v) is 3.39. The minimum absolute atomic E-state index is 0.0838. The van der Waals surface area contributed by atoms with Crippen molar-refractivity contribution in [1.29, 1.82) is 0 Å². The maximum absolute atomic E-state index is 11.3. The van der Waals surface area contributed by atoms with E-state index in [0.29, 0.717) is 15.5 Å². The molecule has 92 valence electrons. The van der Waals surface area contributed by atoms with E-state index >= 15 is 0 Å². The minimum atomic E-state index is -0.851. The third kappa shape index (κ3) is 2.46. The van der Waals surface area contributed by atoms with Gasteiger partial charge >= 0.3 is 0 Å². The molecule has 2 unspecified atom stereocenters.